The second-order valence-corrected chi connectivity index (χ2v) is 9.52. The molecule has 0 radical (unpaired) electrons. The highest BCUT2D eigenvalue weighted by molar-refractivity contribution is 5.92. The van der Waals surface area contributed by atoms with Crippen LogP contribution in [0.1, 0.15) is 44.5 Å². The van der Waals surface area contributed by atoms with Gasteiger partial charge in [-0.05, 0) is 24.1 Å². The highest BCUT2D eigenvalue weighted by Crippen LogP contribution is 2.32. The molecule has 0 bridgehead atoms. The second kappa shape index (κ2) is 11.1. The molecule has 1 heterocycles. The predicted octanol–water partition coefficient (Wildman–Crippen LogP) is 4.49. The summed E-state index contributed by atoms with van der Waals surface area (Å²) in [6.45, 7) is 7.46. The van der Waals surface area contributed by atoms with Gasteiger partial charge in [-0.2, -0.15) is 0 Å². The van der Waals surface area contributed by atoms with Crippen molar-refractivity contribution < 1.29 is 19.4 Å². The Bertz CT molecular complexity index is 1180. The van der Waals surface area contributed by atoms with Crippen molar-refractivity contribution in [2.45, 2.75) is 38.6 Å². The van der Waals surface area contributed by atoms with Crippen LogP contribution < -0.4 is 20.3 Å². The summed E-state index contributed by atoms with van der Waals surface area (Å²) in [5.41, 5.74) is 3.30. The number of carboxylic acids is 1. The van der Waals surface area contributed by atoms with Gasteiger partial charge in [-0.15, -0.1) is 0 Å². The lowest BCUT2D eigenvalue weighted by atomic mass is 9.91. The predicted molar refractivity (Wildman–Crippen MR) is 138 cm³/mol. The van der Waals surface area contributed by atoms with Crippen molar-refractivity contribution in [1.29, 1.82) is 0 Å². The minimum atomic E-state index is -1.11. The van der Waals surface area contributed by atoms with E-state index in [-0.39, 0.29) is 5.41 Å². The van der Waals surface area contributed by atoms with E-state index >= 15 is 0 Å². The highest BCUT2D eigenvalue weighted by atomic mass is 16.5. The molecule has 0 spiro atoms. The number of methoxy groups -OCH3 is 1. The van der Waals surface area contributed by atoms with Crippen molar-refractivity contribution >= 4 is 28.6 Å². The molecule has 3 N–H and O–H groups in total. The average molecular weight is 479 g/mol. The summed E-state index contributed by atoms with van der Waals surface area (Å²) in [6.07, 6.45) is 0.657. The first-order chi connectivity index (χ1) is 16.6. The number of hydrogen-bond donors (Lipinski definition) is 3. The lowest BCUT2D eigenvalue weighted by Gasteiger charge is -2.24. The molecule has 0 aliphatic carbocycles. The summed E-state index contributed by atoms with van der Waals surface area (Å²) in [4.78, 5) is 30.9. The van der Waals surface area contributed by atoms with Gasteiger partial charge in [-0.3, -0.25) is 4.98 Å². The fourth-order valence-corrected chi connectivity index (χ4v) is 3.77. The number of fused-ring (bicyclic) bond motifs is 1. The fourth-order valence-electron chi connectivity index (χ4n) is 3.77. The zero-order chi connectivity index (χ0) is 25.6. The molecule has 8 heteroatoms. The molecular weight excluding hydrogens is 444 g/mol. The van der Waals surface area contributed by atoms with Crippen molar-refractivity contribution in [2.75, 3.05) is 32.1 Å². The molecule has 1 atom stereocenters. The Balaban J connectivity index is 1.64. The van der Waals surface area contributed by atoms with Gasteiger partial charge in [0.2, 0.25) is 0 Å². The van der Waals surface area contributed by atoms with Crippen LogP contribution in [0.5, 0.6) is 5.75 Å². The lowest BCUT2D eigenvalue weighted by Crippen LogP contribution is -2.41. The third-order valence-corrected chi connectivity index (χ3v) is 5.77. The standard InChI is InChI=1S/C27H34N4O4/c1-27(2,3)22-13-12-19-16-20(35-5)17-21(23(19)29-22)31(4)15-9-14-28-26(34)30-24(25(32)33)18-10-7-6-8-11-18/h6-8,10-13,16-17,24H,9,14-15H2,1-5H3,(H,32,33)(H2,28,30,34)/t24-/m0/s1. The van der Waals surface area contributed by atoms with Gasteiger partial charge in [-0.1, -0.05) is 57.2 Å². The first kappa shape index (κ1) is 25.8. The molecule has 0 fully saturated rings. The number of carboxylic acid groups (broad SMARTS) is 1. The van der Waals surface area contributed by atoms with E-state index in [4.69, 9.17) is 9.72 Å². The van der Waals surface area contributed by atoms with Gasteiger partial charge < -0.3 is 25.4 Å². The Morgan fingerprint density at radius 2 is 1.83 bits per heavy atom. The highest BCUT2D eigenvalue weighted by Gasteiger charge is 2.22. The summed E-state index contributed by atoms with van der Waals surface area (Å²) < 4.78 is 5.49. The number of benzene rings is 2. The molecule has 1 aromatic heterocycles. The molecule has 0 saturated heterocycles. The van der Waals surface area contributed by atoms with Gasteiger partial charge in [-0.25, -0.2) is 9.59 Å². The smallest absolute Gasteiger partial charge is 0.330 e. The van der Waals surface area contributed by atoms with Gasteiger partial charge in [0.05, 0.1) is 18.3 Å². The minimum absolute atomic E-state index is 0.0746. The summed E-state index contributed by atoms with van der Waals surface area (Å²) >= 11 is 0. The molecule has 2 aromatic carbocycles. The van der Waals surface area contributed by atoms with Crippen LogP contribution in [0.3, 0.4) is 0 Å². The van der Waals surface area contributed by atoms with Crippen molar-refractivity contribution in [1.82, 2.24) is 15.6 Å². The Morgan fingerprint density at radius 3 is 2.46 bits per heavy atom. The van der Waals surface area contributed by atoms with Crippen molar-refractivity contribution in [3.05, 3.63) is 65.9 Å². The molecule has 0 aliphatic heterocycles. The van der Waals surface area contributed by atoms with Crippen LogP contribution in [0.4, 0.5) is 10.5 Å². The van der Waals surface area contributed by atoms with Crippen LogP contribution in [-0.4, -0.2) is 49.3 Å². The number of pyridine rings is 1. The molecule has 0 unspecified atom stereocenters. The maximum absolute atomic E-state index is 12.3. The molecular formula is C27H34N4O4. The lowest BCUT2D eigenvalue weighted by molar-refractivity contribution is -0.139. The summed E-state index contributed by atoms with van der Waals surface area (Å²) in [6, 6.07) is 15.1. The first-order valence-corrected chi connectivity index (χ1v) is 11.6. The van der Waals surface area contributed by atoms with Crippen LogP contribution in [0.15, 0.2) is 54.6 Å². The molecule has 0 saturated carbocycles. The molecule has 3 aromatic rings. The quantitative estimate of drug-likeness (QED) is 0.392. The maximum Gasteiger partial charge on any atom is 0.330 e. The fraction of sp³-hybridized carbons (Fsp3) is 0.370. The number of aromatic nitrogens is 1. The Kier molecular flexibility index (Phi) is 8.17. The number of aliphatic carboxylic acids is 1. The average Bonchev–Trinajstić information content (AvgIpc) is 2.83. The Hall–Kier alpha value is -3.81. The van der Waals surface area contributed by atoms with E-state index in [9.17, 15) is 14.7 Å². The van der Waals surface area contributed by atoms with Gasteiger partial charge in [0.25, 0.3) is 0 Å². The summed E-state index contributed by atoms with van der Waals surface area (Å²) in [5, 5.41) is 15.8. The van der Waals surface area contributed by atoms with E-state index < -0.39 is 18.0 Å². The largest absolute Gasteiger partial charge is 0.497 e. The molecule has 2 amide bonds. The van der Waals surface area contributed by atoms with Crippen LogP contribution >= 0.6 is 0 Å². The normalized spacial score (nSPS) is 12.1. The topological polar surface area (TPSA) is 104 Å². The van der Waals surface area contributed by atoms with Crippen LogP contribution in [0.2, 0.25) is 0 Å². The number of nitrogens with zero attached hydrogens (tertiary/aromatic N) is 2. The van der Waals surface area contributed by atoms with E-state index in [1.165, 1.54) is 0 Å². The van der Waals surface area contributed by atoms with E-state index in [0.717, 1.165) is 28.0 Å². The number of carbonyl (C=O) groups excluding carboxylic acids is 1. The summed E-state index contributed by atoms with van der Waals surface area (Å²) in [7, 11) is 3.62. The number of amides is 2. The summed E-state index contributed by atoms with van der Waals surface area (Å²) in [5.74, 6) is -0.360. The molecule has 35 heavy (non-hydrogen) atoms. The van der Waals surface area contributed by atoms with Gasteiger partial charge >= 0.3 is 12.0 Å². The van der Waals surface area contributed by atoms with Crippen molar-refractivity contribution in [3.63, 3.8) is 0 Å². The maximum atomic E-state index is 12.3. The van der Waals surface area contributed by atoms with E-state index in [2.05, 4.69) is 42.4 Å². The first-order valence-electron chi connectivity index (χ1n) is 11.6. The van der Waals surface area contributed by atoms with Crippen molar-refractivity contribution in [2.24, 2.45) is 0 Å². The zero-order valence-corrected chi connectivity index (χ0v) is 21.0. The van der Waals surface area contributed by atoms with Crippen LogP contribution in [0.25, 0.3) is 10.9 Å². The van der Waals surface area contributed by atoms with Gasteiger partial charge in [0.1, 0.15) is 5.75 Å². The minimum Gasteiger partial charge on any atom is -0.497 e. The number of urea groups is 1. The van der Waals surface area contributed by atoms with Crippen LogP contribution in [0, 0.1) is 0 Å². The monoisotopic (exact) mass is 478 g/mol. The third-order valence-electron chi connectivity index (χ3n) is 5.77. The Labute approximate surface area is 206 Å². The zero-order valence-electron chi connectivity index (χ0n) is 21.0. The number of rotatable bonds is 9. The SMILES string of the molecule is COc1cc(N(C)CCCNC(=O)N[C@H](C(=O)O)c2ccccc2)c2nc(C(C)(C)C)ccc2c1. The van der Waals surface area contributed by atoms with E-state index in [0.29, 0.717) is 25.1 Å². The van der Waals surface area contributed by atoms with E-state index in [1.54, 1.807) is 37.4 Å². The third kappa shape index (κ3) is 6.62. The second-order valence-electron chi connectivity index (χ2n) is 9.52. The van der Waals surface area contributed by atoms with Gasteiger partial charge in [0, 0.05) is 42.7 Å². The Morgan fingerprint density at radius 1 is 1.11 bits per heavy atom. The van der Waals surface area contributed by atoms with Crippen LogP contribution in [-0.2, 0) is 10.2 Å². The van der Waals surface area contributed by atoms with Gasteiger partial charge in [0.15, 0.2) is 6.04 Å². The molecule has 8 nitrogen and oxygen atoms in total. The molecule has 0 aliphatic rings. The number of anilines is 1. The number of hydrogen-bond acceptors (Lipinski definition) is 5. The molecule has 186 valence electrons. The number of nitrogens with one attached hydrogen (secondary N) is 2. The molecule has 3 rings (SSSR count). The van der Waals surface area contributed by atoms with E-state index in [1.807, 2.05) is 25.2 Å². The van der Waals surface area contributed by atoms with Crippen molar-refractivity contribution in [3.8, 4) is 5.75 Å². The number of carbonyl (C=O) groups is 2. The number of ether oxygens (including phenoxy) is 1.